The summed E-state index contributed by atoms with van der Waals surface area (Å²) in [4.78, 5) is 14.7. The molecule has 0 aliphatic rings. The van der Waals surface area contributed by atoms with Gasteiger partial charge in [-0.05, 0) is 24.3 Å². The van der Waals surface area contributed by atoms with Gasteiger partial charge in [0.05, 0.1) is 19.8 Å². The molecule has 0 heterocycles. The number of hydrogen-bond donors (Lipinski definition) is 0. The van der Waals surface area contributed by atoms with Gasteiger partial charge in [-0.3, -0.25) is 4.79 Å². The zero-order valence-electron chi connectivity index (χ0n) is 14.3. The van der Waals surface area contributed by atoms with E-state index in [0.29, 0.717) is 22.8 Å². The normalized spacial score (nSPS) is 10.9. The second-order valence-electron chi connectivity index (χ2n) is 5.27. The molecule has 2 rings (SSSR count). The molecule has 0 spiro atoms. The van der Waals surface area contributed by atoms with Crippen LogP contribution in [0.5, 0.6) is 17.2 Å². The standard InChI is InChI=1S/C19H21NO4/c1-20(2)13-18(24-14-8-6-5-7-9-14)19(21)16-11-10-15(22-3)12-17(16)23-4/h5-13H,1-4H3/b18-13-. The van der Waals surface area contributed by atoms with Crippen molar-refractivity contribution in [2.45, 2.75) is 0 Å². The molecule has 0 saturated carbocycles. The second kappa shape index (κ2) is 8.06. The first-order valence-electron chi connectivity index (χ1n) is 7.43. The smallest absolute Gasteiger partial charge is 0.233 e. The van der Waals surface area contributed by atoms with Crippen LogP contribution in [0.4, 0.5) is 0 Å². The Hall–Kier alpha value is -2.95. The molecule has 0 atom stereocenters. The lowest BCUT2D eigenvalue weighted by atomic mass is 10.1. The van der Waals surface area contributed by atoms with Gasteiger partial charge in [0.25, 0.3) is 0 Å². The van der Waals surface area contributed by atoms with Crippen molar-refractivity contribution in [3.05, 3.63) is 66.1 Å². The van der Waals surface area contributed by atoms with Gasteiger partial charge in [-0.2, -0.15) is 0 Å². The third-order valence-electron chi connectivity index (χ3n) is 3.22. The van der Waals surface area contributed by atoms with Crippen LogP contribution in [-0.4, -0.2) is 39.0 Å². The van der Waals surface area contributed by atoms with Crippen LogP contribution in [0.3, 0.4) is 0 Å². The minimum absolute atomic E-state index is 0.203. The molecule has 0 aliphatic heterocycles. The molecular weight excluding hydrogens is 306 g/mol. The van der Waals surface area contributed by atoms with E-state index in [4.69, 9.17) is 14.2 Å². The fraction of sp³-hybridized carbons (Fsp3) is 0.211. The quantitative estimate of drug-likeness (QED) is 0.443. The highest BCUT2D eigenvalue weighted by molar-refractivity contribution is 6.09. The first-order chi connectivity index (χ1) is 11.5. The van der Waals surface area contributed by atoms with Crippen molar-refractivity contribution in [3.8, 4) is 17.2 Å². The Morgan fingerprint density at radius 1 is 0.958 bits per heavy atom. The summed E-state index contributed by atoms with van der Waals surface area (Å²) in [6.07, 6.45) is 1.64. The fourth-order valence-electron chi connectivity index (χ4n) is 2.10. The molecule has 0 aliphatic carbocycles. The van der Waals surface area contributed by atoms with Gasteiger partial charge in [0, 0.05) is 26.4 Å². The van der Waals surface area contributed by atoms with Gasteiger partial charge in [0.15, 0.2) is 5.76 Å². The van der Waals surface area contributed by atoms with E-state index in [-0.39, 0.29) is 11.5 Å². The van der Waals surface area contributed by atoms with Crippen LogP contribution in [0.1, 0.15) is 10.4 Å². The minimum atomic E-state index is -0.271. The van der Waals surface area contributed by atoms with Gasteiger partial charge in [0.2, 0.25) is 5.78 Å². The number of rotatable bonds is 7. The maximum Gasteiger partial charge on any atom is 0.233 e. The number of carbonyl (C=O) groups is 1. The highest BCUT2D eigenvalue weighted by atomic mass is 16.5. The number of ether oxygens (including phenoxy) is 3. The maximum atomic E-state index is 12.9. The number of carbonyl (C=O) groups excluding carboxylic acids is 1. The van der Waals surface area contributed by atoms with Crippen LogP contribution in [0.25, 0.3) is 0 Å². The molecule has 0 amide bonds. The average molecular weight is 327 g/mol. The third kappa shape index (κ3) is 4.29. The Kier molecular flexibility index (Phi) is 5.84. The van der Waals surface area contributed by atoms with E-state index in [1.165, 1.54) is 7.11 Å². The maximum absolute atomic E-state index is 12.9. The third-order valence-corrected chi connectivity index (χ3v) is 3.22. The molecule has 0 radical (unpaired) electrons. The molecule has 0 unspecified atom stereocenters. The summed E-state index contributed by atoms with van der Waals surface area (Å²) in [5.41, 5.74) is 0.405. The van der Waals surface area contributed by atoms with Gasteiger partial charge in [-0.15, -0.1) is 0 Å². The zero-order chi connectivity index (χ0) is 17.5. The van der Waals surface area contributed by atoms with Gasteiger partial charge >= 0.3 is 0 Å². The summed E-state index contributed by atoms with van der Waals surface area (Å²) < 4.78 is 16.3. The van der Waals surface area contributed by atoms with E-state index < -0.39 is 0 Å². The van der Waals surface area contributed by atoms with Crippen LogP contribution >= 0.6 is 0 Å². The van der Waals surface area contributed by atoms with Crippen molar-refractivity contribution in [3.63, 3.8) is 0 Å². The first kappa shape index (κ1) is 17.4. The lowest BCUT2D eigenvalue weighted by molar-refractivity contribution is 0.0979. The highest BCUT2D eigenvalue weighted by Gasteiger charge is 2.20. The first-order valence-corrected chi connectivity index (χ1v) is 7.43. The molecule has 24 heavy (non-hydrogen) atoms. The number of para-hydroxylation sites is 1. The average Bonchev–Trinajstić information content (AvgIpc) is 2.60. The van der Waals surface area contributed by atoms with E-state index >= 15 is 0 Å². The summed E-state index contributed by atoms with van der Waals surface area (Å²) in [5, 5.41) is 0. The Balaban J connectivity index is 2.38. The SMILES string of the molecule is COc1ccc(C(=O)/C(=C/N(C)C)Oc2ccccc2)c(OC)c1. The molecule has 2 aromatic carbocycles. The van der Waals surface area contributed by atoms with E-state index in [1.807, 2.05) is 32.3 Å². The Morgan fingerprint density at radius 2 is 1.67 bits per heavy atom. The van der Waals surface area contributed by atoms with E-state index in [1.54, 1.807) is 48.5 Å². The number of methoxy groups -OCH3 is 2. The number of hydrogen-bond acceptors (Lipinski definition) is 5. The molecule has 0 aromatic heterocycles. The number of allylic oxidation sites excluding steroid dienone is 1. The van der Waals surface area contributed by atoms with Gasteiger partial charge in [-0.1, -0.05) is 18.2 Å². The summed E-state index contributed by atoms with van der Waals surface area (Å²) in [6, 6.07) is 14.2. The number of nitrogens with zero attached hydrogens (tertiary/aromatic N) is 1. The van der Waals surface area contributed by atoms with Crippen LogP contribution < -0.4 is 14.2 Å². The van der Waals surface area contributed by atoms with E-state index in [0.717, 1.165) is 0 Å². The van der Waals surface area contributed by atoms with Gasteiger partial charge in [0.1, 0.15) is 17.2 Å². The van der Waals surface area contributed by atoms with Gasteiger partial charge < -0.3 is 19.1 Å². The predicted molar refractivity (Wildman–Crippen MR) is 92.7 cm³/mol. The van der Waals surface area contributed by atoms with Crippen LogP contribution in [-0.2, 0) is 0 Å². The van der Waals surface area contributed by atoms with Crippen molar-refractivity contribution >= 4 is 5.78 Å². The Labute approximate surface area is 142 Å². The molecule has 5 heteroatoms. The Bertz CT molecular complexity index is 723. The molecule has 2 aromatic rings. The molecule has 0 N–H and O–H groups in total. The molecule has 0 saturated heterocycles. The summed E-state index contributed by atoms with van der Waals surface area (Å²) >= 11 is 0. The van der Waals surface area contributed by atoms with Crippen LogP contribution in [0.15, 0.2) is 60.5 Å². The highest BCUT2D eigenvalue weighted by Crippen LogP contribution is 2.27. The van der Waals surface area contributed by atoms with Gasteiger partial charge in [-0.25, -0.2) is 0 Å². The topological polar surface area (TPSA) is 48.0 Å². The fourth-order valence-corrected chi connectivity index (χ4v) is 2.10. The van der Waals surface area contributed by atoms with Crippen molar-refractivity contribution in [2.24, 2.45) is 0 Å². The van der Waals surface area contributed by atoms with Crippen molar-refractivity contribution in [1.82, 2.24) is 4.90 Å². The zero-order valence-corrected chi connectivity index (χ0v) is 14.3. The minimum Gasteiger partial charge on any atom is -0.497 e. The van der Waals surface area contributed by atoms with Crippen molar-refractivity contribution in [2.75, 3.05) is 28.3 Å². The molecule has 0 fully saturated rings. The second-order valence-corrected chi connectivity index (χ2v) is 5.27. The monoisotopic (exact) mass is 327 g/mol. The van der Waals surface area contributed by atoms with E-state index in [2.05, 4.69) is 0 Å². The molecular formula is C19H21NO4. The van der Waals surface area contributed by atoms with Crippen molar-refractivity contribution in [1.29, 1.82) is 0 Å². The molecule has 5 nitrogen and oxygen atoms in total. The molecule has 0 bridgehead atoms. The lowest BCUT2D eigenvalue weighted by Gasteiger charge is -2.15. The lowest BCUT2D eigenvalue weighted by Crippen LogP contribution is -2.15. The largest absolute Gasteiger partial charge is 0.497 e. The molecule has 126 valence electrons. The summed E-state index contributed by atoms with van der Waals surface area (Å²) in [7, 11) is 6.73. The summed E-state index contributed by atoms with van der Waals surface area (Å²) in [6.45, 7) is 0. The van der Waals surface area contributed by atoms with Crippen LogP contribution in [0.2, 0.25) is 0 Å². The predicted octanol–water partition coefficient (Wildman–Crippen LogP) is 3.37. The Morgan fingerprint density at radius 3 is 2.25 bits per heavy atom. The number of Topliss-reactive ketones (excluding diaryl/α,β-unsaturated/α-hetero) is 1. The van der Waals surface area contributed by atoms with E-state index in [9.17, 15) is 4.79 Å². The number of ketones is 1. The summed E-state index contributed by atoms with van der Waals surface area (Å²) in [5.74, 6) is 1.57. The van der Waals surface area contributed by atoms with Crippen LogP contribution in [0, 0.1) is 0 Å². The van der Waals surface area contributed by atoms with Crippen molar-refractivity contribution < 1.29 is 19.0 Å². The number of benzene rings is 2.